The summed E-state index contributed by atoms with van der Waals surface area (Å²) in [6.07, 6.45) is 1.42. The molecule has 6 heteroatoms. The molecule has 6 nitrogen and oxygen atoms in total. The van der Waals surface area contributed by atoms with Gasteiger partial charge in [0.2, 0.25) is 6.41 Å². The average molecular weight is 364 g/mol. The van der Waals surface area contributed by atoms with Crippen LogP contribution in [0.4, 0.5) is 4.79 Å². The Morgan fingerprint density at radius 3 is 2.42 bits per heavy atom. The largest absolute Gasteiger partial charge is 0.444 e. The molecule has 0 aromatic heterocycles. The van der Waals surface area contributed by atoms with E-state index in [9.17, 15) is 9.59 Å². The quantitative estimate of drug-likeness (QED) is 0.622. The number of ether oxygens (including phenoxy) is 2. The summed E-state index contributed by atoms with van der Waals surface area (Å²) in [7, 11) is 0. The zero-order valence-electron chi connectivity index (χ0n) is 16.5. The fourth-order valence-electron chi connectivity index (χ4n) is 2.58. The topological polar surface area (TPSA) is 76.7 Å². The third-order valence-electron chi connectivity index (χ3n) is 3.74. The van der Waals surface area contributed by atoms with Crippen LogP contribution in [-0.2, 0) is 14.3 Å². The van der Waals surface area contributed by atoms with Crippen molar-refractivity contribution in [1.82, 2.24) is 10.6 Å². The second-order valence-corrected chi connectivity index (χ2v) is 7.33. The summed E-state index contributed by atoms with van der Waals surface area (Å²) in [4.78, 5) is 22.8. The summed E-state index contributed by atoms with van der Waals surface area (Å²) in [6.45, 7) is 9.78. The van der Waals surface area contributed by atoms with Crippen LogP contribution < -0.4 is 10.6 Å². The zero-order chi connectivity index (χ0) is 19.6. The van der Waals surface area contributed by atoms with Crippen LogP contribution in [0.25, 0.3) is 0 Å². The number of amides is 2. The van der Waals surface area contributed by atoms with Crippen molar-refractivity contribution in [2.75, 3.05) is 6.54 Å². The highest BCUT2D eigenvalue weighted by atomic mass is 16.6. The van der Waals surface area contributed by atoms with Gasteiger partial charge in [0.1, 0.15) is 11.7 Å². The molecule has 0 aliphatic rings. The monoisotopic (exact) mass is 364 g/mol. The number of carbonyl (C=O) groups excluding carboxylic acids is 2. The van der Waals surface area contributed by atoms with E-state index < -0.39 is 11.7 Å². The molecular formula is C20H32N2O4. The number of rotatable bonds is 10. The predicted molar refractivity (Wildman–Crippen MR) is 102 cm³/mol. The average Bonchev–Trinajstić information content (AvgIpc) is 2.56. The number of hydrogen-bond donors (Lipinski definition) is 2. The van der Waals surface area contributed by atoms with Gasteiger partial charge in [-0.25, -0.2) is 4.79 Å². The van der Waals surface area contributed by atoms with Crippen molar-refractivity contribution in [2.45, 2.75) is 71.3 Å². The minimum Gasteiger partial charge on any atom is -0.444 e. The molecule has 2 amide bonds. The lowest BCUT2D eigenvalue weighted by Gasteiger charge is -2.29. The Kier molecular flexibility index (Phi) is 9.13. The van der Waals surface area contributed by atoms with E-state index in [1.807, 2.05) is 58.0 Å². The van der Waals surface area contributed by atoms with Gasteiger partial charge in [-0.3, -0.25) is 4.79 Å². The molecule has 26 heavy (non-hydrogen) atoms. The SMILES string of the molecule is CCC[C@H](CNC(=O)OC(C)(C)C)O[C@H](c1ccccc1)[C@H](C)NC=O. The van der Waals surface area contributed by atoms with Crippen molar-refractivity contribution in [1.29, 1.82) is 0 Å². The Bertz CT molecular complexity index is 542. The lowest BCUT2D eigenvalue weighted by Crippen LogP contribution is -2.40. The molecule has 1 aromatic carbocycles. The fourth-order valence-corrected chi connectivity index (χ4v) is 2.58. The number of hydrogen-bond acceptors (Lipinski definition) is 4. The van der Waals surface area contributed by atoms with Gasteiger partial charge in [-0.2, -0.15) is 0 Å². The van der Waals surface area contributed by atoms with Crippen LogP contribution >= 0.6 is 0 Å². The molecular weight excluding hydrogens is 332 g/mol. The number of benzene rings is 1. The van der Waals surface area contributed by atoms with Crippen molar-refractivity contribution in [3.05, 3.63) is 35.9 Å². The van der Waals surface area contributed by atoms with E-state index in [1.165, 1.54) is 0 Å². The van der Waals surface area contributed by atoms with Gasteiger partial charge in [0.25, 0.3) is 0 Å². The first-order valence-corrected chi connectivity index (χ1v) is 9.13. The summed E-state index contributed by atoms with van der Waals surface area (Å²) in [6, 6.07) is 9.55. The summed E-state index contributed by atoms with van der Waals surface area (Å²) in [5.74, 6) is 0. The van der Waals surface area contributed by atoms with E-state index in [4.69, 9.17) is 9.47 Å². The van der Waals surface area contributed by atoms with Gasteiger partial charge in [-0.05, 0) is 39.7 Å². The lowest BCUT2D eigenvalue weighted by atomic mass is 10.0. The van der Waals surface area contributed by atoms with E-state index in [1.54, 1.807) is 0 Å². The summed E-state index contributed by atoms with van der Waals surface area (Å²) >= 11 is 0. The number of carbonyl (C=O) groups is 2. The van der Waals surface area contributed by atoms with Crippen LogP contribution in [0.2, 0.25) is 0 Å². The van der Waals surface area contributed by atoms with E-state index in [0.29, 0.717) is 13.0 Å². The molecule has 0 spiro atoms. The highest BCUT2D eigenvalue weighted by molar-refractivity contribution is 5.67. The highest BCUT2D eigenvalue weighted by Gasteiger charge is 2.24. The first-order chi connectivity index (χ1) is 12.3. The maximum absolute atomic E-state index is 11.9. The molecule has 146 valence electrons. The molecule has 0 radical (unpaired) electrons. The van der Waals surface area contributed by atoms with Crippen molar-refractivity contribution >= 4 is 12.5 Å². The molecule has 0 saturated heterocycles. The predicted octanol–water partition coefficient (Wildman–Crippen LogP) is 3.57. The zero-order valence-corrected chi connectivity index (χ0v) is 16.5. The van der Waals surface area contributed by atoms with Gasteiger partial charge in [0.15, 0.2) is 0 Å². The Morgan fingerprint density at radius 2 is 1.88 bits per heavy atom. The van der Waals surface area contributed by atoms with Crippen LogP contribution in [-0.4, -0.2) is 36.8 Å². The molecule has 3 atom stereocenters. The van der Waals surface area contributed by atoms with E-state index in [2.05, 4.69) is 17.6 Å². The summed E-state index contributed by atoms with van der Waals surface area (Å²) < 4.78 is 11.6. The minimum absolute atomic E-state index is 0.186. The Labute approximate surface area is 156 Å². The summed E-state index contributed by atoms with van der Waals surface area (Å²) in [5.41, 5.74) is 0.438. The van der Waals surface area contributed by atoms with Gasteiger partial charge in [0.05, 0.1) is 12.1 Å². The molecule has 2 N–H and O–H groups in total. The second kappa shape index (κ2) is 10.8. The minimum atomic E-state index is -0.542. The van der Waals surface area contributed by atoms with E-state index >= 15 is 0 Å². The first kappa shape index (κ1) is 22.0. The van der Waals surface area contributed by atoms with Gasteiger partial charge in [-0.15, -0.1) is 0 Å². The van der Waals surface area contributed by atoms with Crippen LogP contribution in [0, 0.1) is 0 Å². The van der Waals surface area contributed by atoms with Gasteiger partial charge in [0, 0.05) is 6.54 Å². The van der Waals surface area contributed by atoms with E-state index in [-0.39, 0.29) is 18.2 Å². The number of nitrogens with one attached hydrogen (secondary N) is 2. The molecule has 0 bridgehead atoms. The van der Waals surface area contributed by atoms with Crippen molar-refractivity contribution < 1.29 is 19.1 Å². The fraction of sp³-hybridized carbons (Fsp3) is 0.600. The van der Waals surface area contributed by atoms with Gasteiger partial charge in [-0.1, -0.05) is 43.7 Å². The standard InChI is InChI=1S/C20H32N2O4/c1-6-10-17(13-21-19(24)26-20(3,4)5)25-18(15(2)22-14-23)16-11-8-7-9-12-16/h7-9,11-12,14-15,17-18H,6,10,13H2,1-5H3,(H,21,24)(H,22,23)/t15-,17+,18-/m0/s1. The molecule has 0 unspecified atom stereocenters. The normalized spacial score (nSPS) is 14.8. The molecule has 0 heterocycles. The van der Waals surface area contributed by atoms with Crippen LogP contribution in [0.15, 0.2) is 30.3 Å². The molecule has 1 aromatic rings. The third kappa shape index (κ3) is 8.34. The van der Waals surface area contributed by atoms with Crippen molar-refractivity contribution in [3.8, 4) is 0 Å². The smallest absolute Gasteiger partial charge is 0.407 e. The van der Waals surface area contributed by atoms with Gasteiger partial charge >= 0.3 is 6.09 Å². The Hall–Kier alpha value is -2.08. The maximum atomic E-state index is 11.9. The van der Waals surface area contributed by atoms with Crippen LogP contribution in [0.5, 0.6) is 0 Å². The Balaban J connectivity index is 2.79. The Morgan fingerprint density at radius 1 is 1.23 bits per heavy atom. The van der Waals surface area contributed by atoms with Gasteiger partial charge < -0.3 is 20.1 Å². The number of alkyl carbamates (subject to hydrolysis) is 1. The van der Waals surface area contributed by atoms with E-state index in [0.717, 1.165) is 18.4 Å². The summed E-state index contributed by atoms with van der Waals surface area (Å²) in [5, 5.41) is 5.55. The third-order valence-corrected chi connectivity index (χ3v) is 3.74. The lowest BCUT2D eigenvalue weighted by molar-refractivity contribution is -0.112. The highest BCUT2D eigenvalue weighted by Crippen LogP contribution is 2.24. The maximum Gasteiger partial charge on any atom is 0.407 e. The van der Waals surface area contributed by atoms with Crippen LogP contribution in [0.3, 0.4) is 0 Å². The molecule has 0 saturated carbocycles. The second-order valence-electron chi connectivity index (χ2n) is 7.33. The molecule has 0 aliphatic carbocycles. The first-order valence-electron chi connectivity index (χ1n) is 9.13. The molecule has 0 fully saturated rings. The molecule has 1 rings (SSSR count). The molecule has 0 aliphatic heterocycles. The van der Waals surface area contributed by atoms with Crippen molar-refractivity contribution in [2.24, 2.45) is 0 Å². The van der Waals surface area contributed by atoms with Crippen molar-refractivity contribution in [3.63, 3.8) is 0 Å². The van der Waals surface area contributed by atoms with Crippen LogP contribution in [0.1, 0.15) is 59.1 Å².